The monoisotopic (exact) mass is 510 g/mol. The second kappa shape index (κ2) is 12.7. The highest BCUT2D eigenvalue weighted by molar-refractivity contribution is 7.88. The van der Waals surface area contributed by atoms with Gasteiger partial charge in [0.25, 0.3) is 0 Å². The van der Waals surface area contributed by atoms with E-state index in [4.69, 9.17) is 6.42 Å². The van der Waals surface area contributed by atoms with Gasteiger partial charge in [-0.2, -0.15) is 4.31 Å². The molecule has 0 spiro atoms. The molecule has 192 valence electrons. The molecule has 1 aliphatic heterocycles. The molecule has 36 heavy (non-hydrogen) atoms. The van der Waals surface area contributed by atoms with Crippen LogP contribution >= 0.6 is 0 Å². The van der Waals surface area contributed by atoms with Crippen LogP contribution in [0.25, 0.3) is 11.1 Å². The van der Waals surface area contributed by atoms with Gasteiger partial charge >= 0.3 is 0 Å². The molecule has 0 radical (unpaired) electrons. The molecule has 2 N–H and O–H groups in total. The van der Waals surface area contributed by atoms with Crippen LogP contribution in [0, 0.1) is 12.3 Å². The molecule has 2 aromatic carbocycles. The first kappa shape index (κ1) is 27.4. The molecule has 2 aromatic rings. The number of sulfonamides is 1. The molecule has 3 rings (SSSR count). The second-order valence-electron chi connectivity index (χ2n) is 9.00. The van der Waals surface area contributed by atoms with Crippen LogP contribution in [-0.4, -0.2) is 74.5 Å². The molecule has 2 amide bonds. The lowest BCUT2D eigenvalue weighted by Crippen LogP contribution is -2.51. The third-order valence-corrected chi connectivity index (χ3v) is 7.77. The van der Waals surface area contributed by atoms with E-state index in [1.54, 1.807) is 0 Å². The number of nitrogens with one attached hydrogen (secondary N) is 2. The van der Waals surface area contributed by atoms with E-state index >= 15 is 0 Å². The zero-order chi connectivity index (χ0) is 26.1. The van der Waals surface area contributed by atoms with E-state index in [0.29, 0.717) is 25.9 Å². The Morgan fingerprint density at radius 1 is 1.06 bits per heavy atom. The Morgan fingerprint density at radius 2 is 1.72 bits per heavy atom. The molecule has 1 atom stereocenters. The zero-order valence-corrected chi connectivity index (χ0v) is 21.6. The number of nitrogens with zero attached hydrogens (tertiary/aromatic N) is 2. The van der Waals surface area contributed by atoms with Crippen molar-refractivity contribution in [2.24, 2.45) is 0 Å². The summed E-state index contributed by atoms with van der Waals surface area (Å²) < 4.78 is 26.2. The standard InChI is InChI=1S/C27H34N4O4S/c1-4-15-28-26(32)19-29-27(33)20-31(36(3,34)35)25-13-16-30(17-14-25)21(2)23-11-8-12-24(18-23)22-9-6-5-7-10-22/h1,5-12,18,21,25H,13-17,19-20H2,2-3H3,(H,28,32)(H,29,33). The number of terminal acetylenes is 1. The molecule has 9 heteroatoms. The van der Waals surface area contributed by atoms with Gasteiger partial charge in [0.05, 0.1) is 25.9 Å². The predicted molar refractivity (Wildman–Crippen MR) is 141 cm³/mol. The van der Waals surface area contributed by atoms with Crippen molar-refractivity contribution in [2.75, 3.05) is 39.0 Å². The first-order chi connectivity index (χ1) is 17.2. The van der Waals surface area contributed by atoms with Gasteiger partial charge < -0.3 is 10.6 Å². The van der Waals surface area contributed by atoms with Gasteiger partial charge in [0.2, 0.25) is 21.8 Å². The summed E-state index contributed by atoms with van der Waals surface area (Å²) in [6.45, 7) is 3.08. The molecule has 8 nitrogen and oxygen atoms in total. The second-order valence-corrected chi connectivity index (χ2v) is 10.9. The molecular weight excluding hydrogens is 476 g/mol. The Kier molecular flexibility index (Phi) is 9.65. The van der Waals surface area contributed by atoms with Crippen LogP contribution in [0.2, 0.25) is 0 Å². The topological polar surface area (TPSA) is 98.8 Å². The van der Waals surface area contributed by atoms with Gasteiger partial charge in [0.15, 0.2) is 0 Å². The maximum absolute atomic E-state index is 12.5. The average Bonchev–Trinajstić information content (AvgIpc) is 2.89. The van der Waals surface area contributed by atoms with Crippen LogP contribution in [0.3, 0.4) is 0 Å². The molecule has 1 aliphatic rings. The first-order valence-corrected chi connectivity index (χ1v) is 13.9. The summed E-state index contributed by atoms with van der Waals surface area (Å²) in [6, 6.07) is 18.6. The largest absolute Gasteiger partial charge is 0.346 e. The number of carbonyl (C=O) groups is 2. The van der Waals surface area contributed by atoms with E-state index in [1.807, 2.05) is 18.2 Å². The Labute approximate surface area is 214 Å². The number of hydrogen-bond donors (Lipinski definition) is 2. The van der Waals surface area contributed by atoms with Crippen LogP contribution in [0.15, 0.2) is 54.6 Å². The molecule has 1 heterocycles. The normalized spacial score (nSPS) is 15.7. The first-order valence-electron chi connectivity index (χ1n) is 12.0. The van der Waals surface area contributed by atoms with Crippen molar-refractivity contribution in [2.45, 2.75) is 31.8 Å². The predicted octanol–water partition coefficient (Wildman–Crippen LogP) is 2.01. The smallest absolute Gasteiger partial charge is 0.240 e. The minimum absolute atomic E-state index is 0.0672. The summed E-state index contributed by atoms with van der Waals surface area (Å²) in [5.74, 6) is 1.33. The van der Waals surface area contributed by atoms with Gasteiger partial charge in [-0.05, 0) is 42.5 Å². The molecule has 0 aromatic heterocycles. The Morgan fingerprint density at radius 3 is 2.36 bits per heavy atom. The Bertz CT molecular complexity index is 1190. The highest BCUT2D eigenvalue weighted by atomic mass is 32.2. The molecule has 0 saturated carbocycles. The van der Waals surface area contributed by atoms with Crippen molar-refractivity contribution < 1.29 is 18.0 Å². The number of rotatable bonds is 10. The summed E-state index contributed by atoms with van der Waals surface area (Å²) in [7, 11) is -3.61. The highest BCUT2D eigenvalue weighted by Crippen LogP contribution is 2.29. The van der Waals surface area contributed by atoms with Crippen LogP contribution in [-0.2, 0) is 19.6 Å². The van der Waals surface area contributed by atoms with Crippen LogP contribution < -0.4 is 10.6 Å². The number of benzene rings is 2. The fourth-order valence-corrected chi connectivity index (χ4v) is 5.59. The molecular formula is C27H34N4O4S. The number of carbonyl (C=O) groups excluding carboxylic acids is 2. The van der Waals surface area contributed by atoms with E-state index in [0.717, 1.165) is 11.8 Å². The van der Waals surface area contributed by atoms with E-state index in [9.17, 15) is 18.0 Å². The number of piperidine rings is 1. The lowest BCUT2D eigenvalue weighted by atomic mass is 9.97. The zero-order valence-electron chi connectivity index (χ0n) is 20.8. The summed E-state index contributed by atoms with van der Waals surface area (Å²) in [5.41, 5.74) is 3.54. The number of amides is 2. The number of likely N-dealkylation sites (tertiary alicyclic amines) is 1. The minimum atomic E-state index is -3.61. The molecule has 1 saturated heterocycles. The SMILES string of the molecule is C#CCNC(=O)CNC(=O)CN(C1CCN(C(C)c2cccc(-c3ccccc3)c2)CC1)S(C)(=O)=O. The Hall–Kier alpha value is -3.19. The molecule has 1 unspecified atom stereocenters. The van der Waals surface area contributed by atoms with Crippen molar-refractivity contribution in [3.05, 3.63) is 60.2 Å². The maximum Gasteiger partial charge on any atom is 0.240 e. The van der Waals surface area contributed by atoms with Crippen LogP contribution in [0.5, 0.6) is 0 Å². The highest BCUT2D eigenvalue weighted by Gasteiger charge is 2.33. The molecule has 0 aliphatic carbocycles. The summed E-state index contributed by atoms with van der Waals surface area (Å²) in [4.78, 5) is 26.4. The fraction of sp³-hybridized carbons (Fsp3) is 0.407. The lowest BCUT2D eigenvalue weighted by molar-refractivity contribution is -0.126. The van der Waals surface area contributed by atoms with Crippen molar-refractivity contribution in [3.63, 3.8) is 0 Å². The van der Waals surface area contributed by atoms with E-state index in [1.165, 1.54) is 15.4 Å². The quantitative estimate of drug-likeness (QED) is 0.477. The van der Waals surface area contributed by atoms with Gasteiger partial charge in [-0.1, -0.05) is 54.5 Å². The Balaban J connectivity index is 1.59. The summed E-state index contributed by atoms with van der Waals surface area (Å²) in [5, 5.41) is 4.91. The van der Waals surface area contributed by atoms with Crippen LogP contribution in [0.4, 0.5) is 0 Å². The average molecular weight is 511 g/mol. The van der Waals surface area contributed by atoms with Crippen molar-refractivity contribution >= 4 is 21.8 Å². The van der Waals surface area contributed by atoms with Gasteiger partial charge in [0.1, 0.15) is 0 Å². The van der Waals surface area contributed by atoms with E-state index in [2.05, 4.69) is 64.8 Å². The lowest BCUT2D eigenvalue weighted by Gasteiger charge is -2.39. The summed E-state index contributed by atoms with van der Waals surface area (Å²) in [6.07, 6.45) is 7.44. The fourth-order valence-electron chi connectivity index (χ4n) is 4.49. The van der Waals surface area contributed by atoms with Crippen molar-refractivity contribution in [3.8, 4) is 23.5 Å². The van der Waals surface area contributed by atoms with Crippen LogP contribution in [0.1, 0.15) is 31.4 Å². The maximum atomic E-state index is 12.5. The number of hydrogen-bond acceptors (Lipinski definition) is 5. The van der Waals surface area contributed by atoms with E-state index < -0.39 is 21.8 Å². The molecule has 1 fully saturated rings. The summed E-state index contributed by atoms with van der Waals surface area (Å²) >= 11 is 0. The van der Waals surface area contributed by atoms with Gasteiger partial charge in [0, 0.05) is 25.2 Å². The van der Waals surface area contributed by atoms with Gasteiger partial charge in [-0.3, -0.25) is 14.5 Å². The van der Waals surface area contributed by atoms with Crippen molar-refractivity contribution in [1.82, 2.24) is 19.8 Å². The van der Waals surface area contributed by atoms with Gasteiger partial charge in [-0.15, -0.1) is 6.42 Å². The minimum Gasteiger partial charge on any atom is -0.346 e. The molecule has 0 bridgehead atoms. The van der Waals surface area contributed by atoms with E-state index in [-0.39, 0.29) is 31.7 Å². The van der Waals surface area contributed by atoms with Crippen molar-refractivity contribution in [1.29, 1.82) is 0 Å². The van der Waals surface area contributed by atoms with Gasteiger partial charge in [-0.25, -0.2) is 8.42 Å². The third kappa shape index (κ3) is 7.65. The third-order valence-electron chi connectivity index (χ3n) is 6.49.